The number of aliphatic hydroxyl groups is 1. The highest BCUT2D eigenvalue weighted by atomic mass is 16.3. The van der Waals surface area contributed by atoms with Gasteiger partial charge in [0.25, 0.3) is 0 Å². The number of aromatic amines is 1. The minimum Gasteiger partial charge on any atom is -0.390 e. The number of hydrogen-bond acceptors (Lipinski definition) is 3. The Morgan fingerprint density at radius 2 is 2.12 bits per heavy atom. The number of aryl methyl sites for hydroxylation is 1. The molecule has 5 heteroatoms. The van der Waals surface area contributed by atoms with Gasteiger partial charge in [-0.3, -0.25) is 4.79 Å². The fourth-order valence-corrected chi connectivity index (χ4v) is 3.51. The number of H-pyrrole nitrogens is 1. The molecule has 1 aliphatic rings. The lowest BCUT2D eigenvalue weighted by atomic mass is 9.99. The number of rotatable bonds is 7. The normalized spacial score (nSPS) is 17.7. The van der Waals surface area contributed by atoms with Crippen molar-refractivity contribution < 1.29 is 9.90 Å². The van der Waals surface area contributed by atoms with Gasteiger partial charge < -0.3 is 20.3 Å². The van der Waals surface area contributed by atoms with E-state index in [0.717, 1.165) is 30.1 Å². The number of para-hydroxylation sites is 1. The van der Waals surface area contributed by atoms with Crippen molar-refractivity contribution in [2.75, 3.05) is 26.2 Å². The molecule has 1 unspecified atom stereocenters. The van der Waals surface area contributed by atoms with Gasteiger partial charge in [-0.2, -0.15) is 0 Å². The first-order valence-corrected chi connectivity index (χ1v) is 9.34. The molecule has 0 aliphatic carbocycles. The third-order valence-corrected chi connectivity index (χ3v) is 5.18. The van der Waals surface area contributed by atoms with Crippen LogP contribution >= 0.6 is 0 Å². The number of carbonyl (C=O) groups excluding carboxylic acids is 1. The molecule has 1 aromatic heterocycles. The van der Waals surface area contributed by atoms with E-state index in [-0.39, 0.29) is 5.91 Å². The van der Waals surface area contributed by atoms with Crippen LogP contribution in [0.15, 0.2) is 30.5 Å². The van der Waals surface area contributed by atoms with E-state index in [1.54, 1.807) is 0 Å². The van der Waals surface area contributed by atoms with Crippen LogP contribution in [0.4, 0.5) is 0 Å². The van der Waals surface area contributed by atoms with Gasteiger partial charge in [-0.15, -0.1) is 0 Å². The number of amides is 1. The lowest BCUT2D eigenvalue weighted by Crippen LogP contribution is -2.43. The maximum Gasteiger partial charge on any atom is 0.220 e. The molecule has 2 aromatic rings. The van der Waals surface area contributed by atoms with E-state index in [0.29, 0.717) is 25.9 Å². The van der Waals surface area contributed by atoms with Crippen molar-refractivity contribution in [3.05, 3.63) is 36.0 Å². The summed E-state index contributed by atoms with van der Waals surface area (Å²) >= 11 is 0. The summed E-state index contributed by atoms with van der Waals surface area (Å²) in [5, 5.41) is 14.2. The number of fused-ring (bicyclic) bond motifs is 1. The van der Waals surface area contributed by atoms with E-state index in [9.17, 15) is 9.90 Å². The Hall–Kier alpha value is -1.85. The molecule has 0 radical (unpaired) electrons. The molecule has 25 heavy (non-hydrogen) atoms. The van der Waals surface area contributed by atoms with Crippen molar-refractivity contribution in [3.8, 4) is 0 Å². The van der Waals surface area contributed by atoms with Crippen LogP contribution in [-0.4, -0.2) is 53.2 Å². The Balaban J connectivity index is 1.38. The SMILES string of the molecule is CC1CCN(CC(O)CNC(=O)CCc2c[nH]c3ccccc23)CC1. The van der Waals surface area contributed by atoms with Gasteiger partial charge >= 0.3 is 0 Å². The minimum absolute atomic E-state index is 0.00315. The molecule has 1 atom stereocenters. The third-order valence-electron chi connectivity index (χ3n) is 5.18. The topological polar surface area (TPSA) is 68.4 Å². The number of carbonyl (C=O) groups is 1. The molecule has 1 amide bonds. The van der Waals surface area contributed by atoms with Crippen molar-refractivity contribution in [1.82, 2.24) is 15.2 Å². The Bertz CT molecular complexity index is 689. The van der Waals surface area contributed by atoms with Crippen LogP contribution in [0.1, 0.15) is 31.7 Å². The standard InChI is InChI=1S/C20H29N3O2/c1-15-8-10-23(11-9-15)14-17(24)13-22-20(25)7-6-16-12-21-19-5-3-2-4-18(16)19/h2-5,12,15,17,21,24H,6-11,13-14H2,1H3,(H,22,25). The number of β-amino-alcohol motifs (C(OH)–C–C–N with tert-alkyl or cyclic N) is 1. The van der Waals surface area contributed by atoms with Crippen LogP contribution in [0.25, 0.3) is 10.9 Å². The molecule has 0 saturated carbocycles. The van der Waals surface area contributed by atoms with Crippen LogP contribution in [0.2, 0.25) is 0 Å². The predicted molar refractivity (Wildman–Crippen MR) is 100 cm³/mol. The maximum absolute atomic E-state index is 12.1. The molecule has 2 heterocycles. The van der Waals surface area contributed by atoms with Gasteiger partial charge in [0.15, 0.2) is 0 Å². The largest absolute Gasteiger partial charge is 0.390 e. The lowest BCUT2D eigenvalue weighted by molar-refractivity contribution is -0.121. The molecule has 136 valence electrons. The summed E-state index contributed by atoms with van der Waals surface area (Å²) in [6, 6.07) is 8.12. The highest BCUT2D eigenvalue weighted by Gasteiger charge is 2.18. The van der Waals surface area contributed by atoms with E-state index in [1.807, 2.05) is 24.4 Å². The molecule has 0 spiro atoms. The molecule has 1 aliphatic heterocycles. The van der Waals surface area contributed by atoms with Gasteiger partial charge in [0.2, 0.25) is 5.91 Å². The Labute approximate surface area is 149 Å². The number of nitrogens with zero attached hydrogens (tertiary/aromatic N) is 1. The van der Waals surface area contributed by atoms with Gasteiger partial charge in [0, 0.05) is 36.6 Å². The summed E-state index contributed by atoms with van der Waals surface area (Å²) in [6.07, 6.45) is 5.02. The second-order valence-corrected chi connectivity index (χ2v) is 7.30. The molecule has 1 saturated heterocycles. The van der Waals surface area contributed by atoms with Gasteiger partial charge in [-0.25, -0.2) is 0 Å². The van der Waals surface area contributed by atoms with Crippen LogP contribution in [-0.2, 0) is 11.2 Å². The van der Waals surface area contributed by atoms with Crippen molar-refractivity contribution in [3.63, 3.8) is 0 Å². The molecule has 5 nitrogen and oxygen atoms in total. The third kappa shape index (κ3) is 5.06. The second kappa shape index (κ2) is 8.50. The number of hydrogen-bond donors (Lipinski definition) is 3. The number of aromatic nitrogens is 1. The zero-order valence-electron chi connectivity index (χ0n) is 15.0. The van der Waals surface area contributed by atoms with Crippen molar-refractivity contribution in [2.24, 2.45) is 5.92 Å². The molecular formula is C20H29N3O2. The second-order valence-electron chi connectivity index (χ2n) is 7.30. The van der Waals surface area contributed by atoms with Gasteiger partial charge in [0.05, 0.1) is 6.10 Å². The van der Waals surface area contributed by atoms with Crippen molar-refractivity contribution in [1.29, 1.82) is 0 Å². The van der Waals surface area contributed by atoms with Crippen LogP contribution in [0.3, 0.4) is 0 Å². The minimum atomic E-state index is -0.495. The van der Waals surface area contributed by atoms with Crippen LogP contribution < -0.4 is 5.32 Å². The summed E-state index contributed by atoms with van der Waals surface area (Å²) in [5.74, 6) is 0.786. The van der Waals surface area contributed by atoms with Gasteiger partial charge in [0.1, 0.15) is 0 Å². The van der Waals surface area contributed by atoms with E-state index in [2.05, 4.69) is 28.2 Å². The predicted octanol–water partition coefficient (Wildman–Crippen LogP) is 2.31. The summed E-state index contributed by atoms with van der Waals surface area (Å²) in [4.78, 5) is 17.6. The Morgan fingerprint density at radius 3 is 2.92 bits per heavy atom. The number of aliphatic hydroxyl groups excluding tert-OH is 1. The van der Waals surface area contributed by atoms with Crippen LogP contribution in [0, 0.1) is 5.92 Å². The lowest BCUT2D eigenvalue weighted by Gasteiger charge is -2.31. The zero-order chi connectivity index (χ0) is 17.6. The zero-order valence-corrected chi connectivity index (χ0v) is 15.0. The van der Waals surface area contributed by atoms with Crippen molar-refractivity contribution in [2.45, 2.75) is 38.7 Å². The fourth-order valence-electron chi connectivity index (χ4n) is 3.51. The summed E-state index contributed by atoms with van der Waals surface area (Å²) in [7, 11) is 0. The van der Waals surface area contributed by atoms with Crippen LogP contribution in [0.5, 0.6) is 0 Å². The van der Waals surface area contributed by atoms with Crippen molar-refractivity contribution >= 4 is 16.8 Å². The molecule has 3 N–H and O–H groups in total. The first kappa shape index (κ1) is 18.0. The number of likely N-dealkylation sites (tertiary alicyclic amines) is 1. The molecular weight excluding hydrogens is 314 g/mol. The number of nitrogens with one attached hydrogen (secondary N) is 2. The first-order chi connectivity index (χ1) is 12.1. The monoisotopic (exact) mass is 343 g/mol. The number of piperidine rings is 1. The van der Waals surface area contributed by atoms with E-state index >= 15 is 0 Å². The molecule has 1 fully saturated rings. The number of benzene rings is 1. The smallest absolute Gasteiger partial charge is 0.220 e. The first-order valence-electron chi connectivity index (χ1n) is 9.34. The van der Waals surface area contributed by atoms with Gasteiger partial charge in [-0.05, 0) is 49.9 Å². The molecule has 3 rings (SSSR count). The highest BCUT2D eigenvalue weighted by molar-refractivity contribution is 5.84. The Morgan fingerprint density at radius 1 is 1.36 bits per heavy atom. The Kier molecular flexibility index (Phi) is 6.10. The fraction of sp³-hybridized carbons (Fsp3) is 0.550. The molecule has 1 aromatic carbocycles. The maximum atomic E-state index is 12.1. The molecule has 0 bridgehead atoms. The highest BCUT2D eigenvalue weighted by Crippen LogP contribution is 2.19. The van der Waals surface area contributed by atoms with Gasteiger partial charge in [-0.1, -0.05) is 25.1 Å². The van der Waals surface area contributed by atoms with E-state index in [4.69, 9.17) is 0 Å². The summed E-state index contributed by atoms with van der Waals surface area (Å²) < 4.78 is 0. The summed E-state index contributed by atoms with van der Waals surface area (Å²) in [5.41, 5.74) is 2.26. The van der Waals surface area contributed by atoms with E-state index < -0.39 is 6.10 Å². The quantitative estimate of drug-likeness (QED) is 0.723. The van der Waals surface area contributed by atoms with E-state index in [1.165, 1.54) is 18.2 Å². The average Bonchev–Trinajstić information content (AvgIpc) is 3.03. The summed E-state index contributed by atoms with van der Waals surface area (Å²) in [6.45, 7) is 5.36. The average molecular weight is 343 g/mol.